The van der Waals surface area contributed by atoms with Crippen LogP contribution in [0.3, 0.4) is 0 Å². The second kappa shape index (κ2) is 14.8. The lowest BCUT2D eigenvalue weighted by Crippen LogP contribution is -2.22. The molecule has 0 radical (unpaired) electrons. The van der Waals surface area contributed by atoms with Crippen molar-refractivity contribution in [3.8, 4) is 5.75 Å². The molecule has 0 aliphatic rings. The first kappa shape index (κ1) is 27.9. The molecule has 2 aromatic rings. The molecule has 0 spiro atoms. The summed E-state index contributed by atoms with van der Waals surface area (Å²) >= 11 is 1.46. The zero-order chi connectivity index (χ0) is 24.8. The van der Waals surface area contributed by atoms with E-state index in [1.54, 1.807) is 13.2 Å². The van der Waals surface area contributed by atoms with Crippen LogP contribution >= 0.6 is 11.9 Å². The molecule has 33 heavy (non-hydrogen) atoms. The van der Waals surface area contributed by atoms with Crippen LogP contribution in [-0.2, 0) is 0 Å². The number of methoxy groups -OCH3 is 1. The molecule has 1 N–H and O–H groups in total. The Morgan fingerprint density at radius 1 is 1.15 bits per heavy atom. The largest absolute Gasteiger partial charge is 0.496 e. The molecule has 0 amide bonds. The van der Waals surface area contributed by atoms with Crippen LogP contribution in [-0.4, -0.2) is 12.9 Å². The van der Waals surface area contributed by atoms with Crippen LogP contribution in [0, 0.1) is 13.8 Å². The molecule has 0 unspecified atom stereocenters. The number of hydrazone groups is 1. The molecule has 0 heterocycles. The van der Waals surface area contributed by atoms with Gasteiger partial charge in [0.1, 0.15) is 11.6 Å². The average Bonchev–Trinajstić information content (AvgIpc) is 2.84. The number of ether oxygens (including phenoxy) is 1. The van der Waals surface area contributed by atoms with Crippen LogP contribution in [0.1, 0.15) is 44.4 Å². The molecule has 5 heteroatoms. The summed E-state index contributed by atoms with van der Waals surface area (Å²) in [5.41, 5.74) is 4.88. The number of rotatable bonds is 9. The number of allylic oxidation sites excluding steroid dienone is 4. The summed E-state index contributed by atoms with van der Waals surface area (Å²) in [7, 11) is 1.66. The number of nitrogens with zero attached hydrogens (tertiary/aromatic N) is 2. The quantitative estimate of drug-likeness (QED) is 0.134. The molecular formula is C28H37N3OS. The Kier molecular flexibility index (Phi) is 12.5. The fourth-order valence-corrected chi connectivity index (χ4v) is 3.47. The summed E-state index contributed by atoms with van der Waals surface area (Å²) in [5.74, 6) is 1.48. The predicted octanol–water partition coefficient (Wildman–Crippen LogP) is 8.03. The first-order chi connectivity index (χ1) is 15.9. The zero-order valence-electron chi connectivity index (χ0n) is 21.0. The summed E-state index contributed by atoms with van der Waals surface area (Å²) in [5, 5.41) is 6.72. The second-order valence-electron chi connectivity index (χ2n) is 6.94. The third-order valence-corrected chi connectivity index (χ3v) is 5.41. The lowest BCUT2D eigenvalue weighted by molar-refractivity contribution is 0.413. The van der Waals surface area contributed by atoms with Gasteiger partial charge >= 0.3 is 0 Å². The standard InChI is InChI=1S/C26H31N3OS.C2H6/c1-8-10-13-23(9-2)31-28-22(6)27-29(25-17-16-19(3)18-20(25)4)21(5)24-14-11-12-15-26(24)30-7;1-2/h8-18H,2,5H2,1,3-4,6-7H3,(H,27,28);1-2H3/b10-8-,23-13+;. The van der Waals surface area contributed by atoms with E-state index in [1.807, 2.05) is 75.2 Å². The summed E-state index contributed by atoms with van der Waals surface area (Å²) in [6, 6.07) is 14.1. The number of amidine groups is 1. The number of benzene rings is 2. The van der Waals surface area contributed by atoms with E-state index in [1.165, 1.54) is 17.5 Å². The highest BCUT2D eigenvalue weighted by molar-refractivity contribution is 8.01. The van der Waals surface area contributed by atoms with Gasteiger partial charge in [-0.15, -0.1) is 0 Å². The van der Waals surface area contributed by atoms with Crippen molar-refractivity contribution in [2.75, 3.05) is 12.1 Å². The van der Waals surface area contributed by atoms with E-state index < -0.39 is 0 Å². The average molecular weight is 464 g/mol. The highest BCUT2D eigenvalue weighted by Crippen LogP contribution is 2.33. The Bertz CT molecular complexity index is 1020. The second-order valence-corrected chi connectivity index (χ2v) is 7.82. The number of aryl methyl sites for hydroxylation is 2. The molecule has 0 saturated heterocycles. The number of hydrogen-bond donors (Lipinski definition) is 1. The van der Waals surface area contributed by atoms with Crippen LogP contribution in [0.15, 0.2) is 89.9 Å². The maximum atomic E-state index is 5.56. The molecule has 0 aromatic heterocycles. The van der Waals surface area contributed by atoms with Crippen LogP contribution in [0.5, 0.6) is 5.75 Å². The van der Waals surface area contributed by atoms with Crippen molar-refractivity contribution in [2.45, 2.75) is 41.5 Å². The smallest absolute Gasteiger partial charge is 0.130 e. The third kappa shape index (κ3) is 8.35. The van der Waals surface area contributed by atoms with Crippen LogP contribution < -0.4 is 14.5 Å². The van der Waals surface area contributed by atoms with Crippen molar-refractivity contribution in [2.24, 2.45) is 5.10 Å². The summed E-state index contributed by atoms with van der Waals surface area (Å²) in [4.78, 5) is 0.995. The minimum absolute atomic E-state index is 0.726. The fourth-order valence-electron chi connectivity index (χ4n) is 2.94. The van der Waals surface area contributed by atoms with Gasteiger partial charge in [0.05, 0.1) is 18.5 Å². The lowest BCUT2D eigenvalue weighted by atomic mass is 10.1. The topological polar surface area (TPSA) is 36.9 Å². The van der Waals surface area contributed by atoms with Crippen molar-refractivity contribution in [1.82, 2.24) is 4.72 Å². The number of para-hydroxylation sites is 1. The van der Waals surface area contributed by atoms with Gasteiger partial charge in [0, 0.05) is 10.5 Å². The molecule has 4 nitrogen and oxygen atoms in total. The molecule has 0 saturated carbocycles. The molecule has 0 aliphatic heterocycles. The maximum Gasteiger partial charge on any atom is 0.130 e. The van der Waals surface area contributed by atoms with E-state index in [2.05, 4.69) is 49.9 Å². The van der Waals surface area contributed by atoms with E-state index >= 15 is 0 Å². The molecule has 0 aliphatic carbocycles. The van der Waals surface area contributed by atoms with Gasteiger partial charge in [-0.05, 0) is 69.5 Å². The molecule has 2 aromatic carbocycles. The summed E-state index contributed by atoms with van der Waals surface area (Å²) < 4.78 is 8.84. The van der Waals surface area contributed by atoms with Gasteiger partial charge < -0.3 is 9.46 Å². The van der Waals surface area contributed by atoms with Crippen LogP contribution in [0.4, 0.5) is 5.69 Å². The zero-order valence-corrected chi connectivity index (χ0v) is 21.8. The van der Waals surface area contributed by atoms with Gasteiger partial charge in [0.15, 0.2) is 0 Å². The van der Waals surface area contributed by atoms with Crippen LogP contribution in [0.25, 0.3) is 5.70 Å². The molecule has 0 atom stereocenters. The molecule has 0 fully saturated rings. The van der Waals surface area contributed by atoms with E-state index in [0.29, 0.717) is 0 Å². The third-order valence-electron chi connectivity index (χ3n) is 4.47. The lowest BCUT2D eigenvalue weighted by Gasteiger charge is -2.25. The monoisotopic (exact) mass is 463 g/mol. The van der Waals surface area contributed by atoms with Gasteiger partial charge in [-0.25, -0.2) is 5.01 Å². The number of hydrogen-bond acceptors (Lipinski definition) is 4. The molecular weight excluding hydrogens is 426 g/mol. The van der Waals surface area contributed by atoms with Crippen molar-refractivity contribution in [1.29, 1.82) is 0 Å². The Hall–Kier alpha value is -3.18. The first-order valence-corrected chi connectivity index (χ1v) is 11.9. The molecule has 0 bridgehead atoms. The van der Waals surface area contributed by atoms with Gasteiger partial charge in [0.25, 0.3) is 0 Å². The minimum atomic E-state index is 0.726. The Morgan fingerprint density at radius 2 is 1.85 bits per heavy atom. The molecule has 176 valence electrons. The summed E-state index contributed by atoms with van der Waals surface area (Å²) in [6.07, 6.45) is 7.75. The Labute approximate surface area is 204 Å². The van der Waals surface area contributed by atoms with Gasteiger partial charge in [-0.3, -0.25) is 0 Å². The van der Waals surface area contributed by atoms with E-state index in [9.17, 15) is 0 Å². The highest BCUT2D eigenvalue weighted by Gasteiger charge is 2.17. The normalized spacial score (nSPS) is 11.5. The number of anilines is 1. The number of nitrogens with one attached hydrogen (secondary N) is 1. The van der Waals surface area contributed by atoms with Crippen molar-refractivity contribution >= 4 is 29.2 Å². The van der Waals surface area contributed by atoms with E-state index in [-0.39, 0.29) is 0 Å². The van der Waals surface area contributed by atoms with Crippen molar-refractivity contribution in [3.63, 3.8) is 0 Å². The van der Waals surface area contributed by atoms with E-state index in [0.717, 1.165) is 39.0 Å². The maximum absolute atomic E-state index is 5.56. The Morgan fingerprint density at radius 3 is 2.45 bits per heavy atom. The van der Waals surface area contributed by atoms with Crippen LogP contribution in [0.2, 0.25) is 0 Å². The summed E-state index contributed by atoms with van der Waals surface area (Å²) in [6.45, 7) is 20.3. The fraction of sp³-hybridized carbons (Fsp3) is 0.250. The van der Waals surface area contributed by atoms with E-state index in [4.69, 9.17) is 9.84 Å². The van der Waals surface area contributed by atoms with Gasteiger partial charge in [-0.2, -0.15) is 5.10 Å². The van der Waals surface area contributed by atoms with Gasteiger partial charge in [-0.1, -0.05) is 75.1 Å². The minimum Gasteiger partial charge on any atom is -0.496 e. The van der Waals surface area contributed by atoms with Crippen molar-refractivity contribution < 1.29 is 4.74 Å². The Balaban J connectivity index is 0.00000265. The van der Waals surface area contributed by atoms with Gasteiger partial charge in [0.2, 0.25) is 0 Å². The SMILES string of the molecule is C=C/C(=C\C=C/C)SN/C(C)=N/N(C(=C)c1ccccc1OC)c1ccc(C)cc1C.CC. The molecule has 2 rings (SSSR count). The first-order valence-electron chi connectivity index (χ1n) is 11.0. The highest BCUT2D eigenvalue weighted by atomic mass is 32.2. The van der Waals surface area contributed by atoms with Crippen molar-refractivity contribution in [3.05, 3.63) is 102 Å². The predicted molar refractivity (Wildman–Crippen MR) is 149 cm³/mol.